The molecule has 1 aromatic carbocycles. The summed E-state index contributed by atoms with van der Waals surface area (Å²) < 4.78 is 5.80. The zero-order valence-electron chi connectivity index (χ0n) is 13.8. The molecule has 1 aliphatic heterocycles. The molecule has 3 nitrogen and oxygen atoms in total. The van der Waals surface area contributed by atoms with Crippen molar-refractivity contribution in [2.24, 2.45) is 5.92 Å². The summed E-state index contributed by atoms with van der Waals surface area (Å²) in [4.78, 5) is 4.99. The van der Waals surface area contributed by atoms with Crippen molar-refractivity contribution in [3.8, 4) is 5.75 Å². The predicted octanol–water partition coefficient (Wildman–Crippen LogP) is 2.90. The molecule has 1 saturated heterocycles. The molecular weight excluding hydrogens is 260 g/mol. The van der Waals surface area contributed by atoms with Crippen molar-refractivity contribution in [3.05, 3.63) is 29.8 Å². The van der Waals surface area contributed by atoms with E-state index in [-0.39, 0.29) is 0 Å². The minimum Gasteiger partial charge on any atom is -0.493 e. The number of nitrogens with zero attached hydrogens (tertiary/aromatic N) is 2. The van der Waals surface area contributed by atoms with Gasteiger partial charge in [-0.15, -0.1) is 0 Å². The van der Waals surface area contributed by atoms with Crippen LogP contribution in [-0.4, -0.2) is 56.2 Å². The molecule has 0 aliphatic carbocycles. The maximum absolute atomic E-state index is 5.80. The van der Waals surface area contributed by atoms with Gasteiger partial charge in [-0.25, -0.2) is 0 Å². The van der Waals surface area contributed by atoms with E-state index in [0.717, 1.165) is 18.8 Å². The summed E-state index contributed by atoms with van der Waals surface area (Å²) in [7, 11) is 2.21. The van der Waals surface area contributed by atoms with Crippen molar-refractivity contribution in [2.75, 3.05) is 46.4 Å². The highest BCUT2D eigenvalue weighted by Gasteiger charge is 2.12. The molecule has 0 atom stereocenters. The van der Waals surface area contributed by atoms with Crippen LogP contribution in [0.3, 0.4) is 0 Å². The van der Waals surface area contributed by atoms with E-state index in [1.807, 2.05) is 0 Å². The summed E-state index contributed by atoms with van der Waals surface area (Å²) in [5, 5.41) is 0. The minimum atomic E-state index is 0.575. The third kappa shape index (κ3) is 6.06. The van der Waals surface area contributed by atoms with E-state index in [1.165, 1.54) is 44.7 Å². The Morgan fingerprint density at radius 2 is 1.90 bits per heavy atom. The van der Waals surface area contributed by atoms with Gasteiger partial charge < -0.3 is 14.5 Å². The monoisotopic (exact) mass is 290 g/mol. The van der Waals surface area contributed by atoms with Gasteiger partial charge in [-0.05, 0) is 50.0 Å². The van der Waals surface area contributed by atoms with Crippen LogP contribution in [0.4, 0.5) is 0 Å². The Morgan fingerprint density at radius 1 is 1.14 bits per heavy atom. The topological polar surface area (TPSA) is 15.7 Å². The molecule has 21 heavy (non-hydrogen) atoms. The lowest BCUT2D eigenvalue weighted by atomic mass is 10.1. The Hall–Kier alpha value is -1.06. The highest BCUT2D eigenvalue weighted by molar-refractivity contribution is 5.28. The fourth-order valence-electron chi connectivity index (χ4n) is 2.63. The van der Waals surface area contributed by atoms with E-state index in [1.54, 1.807) is 0 Å². The average Bonchev–Trinajstić information content (AvgIpc) is 2.48. The van der Waals surface area contributed by atoms with Crippen molar-refractivity contribution in [2.45, 2.75) is 26.7 Å². The smallest absolute Gasteiger partial charge is 0.119 e. The lowest BCUT2D eigenvalue weighted by molar-refractivity contribution is 0.153. The number of aryl methyl sites for hydroxylation is 1. The molecule has 0 aromatic heterocycles. The van der Waals surface area contributed by atoms with E-state index in [4.69, 9.17) is 4.74 Å². The Bertz CT molecular complexity index is 411. The van der Waals surface area contributed by atoms with Gasteiger partial charge in [0.05, 0.1) is 6.61 Å². The first-order valence-electron chi connectivity index (χ1n) is 8.26. The predicted molar refractivity (Wildman–Crippen MR) is 89.0 cm³/mol. The molecule has 0 unspecified atom stereocenters. The van der Waals surface area contributed by atoms with E-state index < -0.39 is 0 Å². The van der Waals surface area contributed by atoms with Gasteiger partial charge in [0.25, 0.3) is 0 Å². The molecule has 1 heterocycles. The maximum atomic E-state index is 5.80. The van der Waals surface area contributed by atoms with Gasteiger partial charge in [0.2, 0.25) is 0 Å². The fourth-order valence-corrected chi connectivity index (χ4v) is 2.63. The van der Waals surface area contributed by atoms with Gasteiger partial charge in [0.1, 0.15) is 5.75 Å². The molecule has 0 spiro atoms. The standard InChI is InChI=1S/C18H30N2O/c1-16(2)15-21-18-8-4-6-17(14-18)7-5-9-20-12-10-19(3)11-13-20/h4,6,8,14,16H,5,7,9-13,15H2,1-3H3. The van der Waals surface area contributed by atoms with Gasteiger partial charge >= 0.3 is 0 Å². The third-order valence-corrected chi connectivity index (χ3v) is 4.02. The van der Waals surface area contributed by atoms with Crippen LogP contribution in [0, 0.1) is 5.92 Å². The first-order chi connectivity index (χ1) is 10.1. The van der Waals surface area contributed by atoms with Crippen LogP contribution in [-0.2, 0) is 6.42 Å². The van der Waals surface area contributed by atoms with Crippen molar-refractivity contribution in [1.29, 1.82) is 0 Å². The fraction of sp³-hybridized carbons (Fsp3) is 0.667. The van der Waals surface area contributed by atoms with Gasteiger partial charge in [0.15, 0.2) is 0 Å². The highest BCUT2D eigenvalue weighted by Crippen LogP contribution is 2.16. The minimum absolute atomic E-state index is 0.575. The van der Waals surface area contributed by atoms with E-state index in [9.17, 15) is 0 Å². The summed E-state index contributed by atoms with van der Waals surface area (Å²) in [6.45, 7) is 11.2. The van der Waals surface area contributed by atoms with Gasteiger partial charge in [0, 0.05) is 26.2 Å². The zero-order valence-corrected chi connectivity index (χ0v) is 13.8. The van der Waals surface area contributed by atoms with Crippen LogP contribution in [0.15, 0.2) is 24.3 Å². The Labute approximate surface area is 129 Å². The number of hydrogen-bond acceptors (Lipinski definition) is 3. The maximum Gasteiger partial charge on any atom is 0.119 e. The average molecular weight is 290 g/mol. The third-order valence-electron chi connectivity index (χ3n) is 4.02. The number of benzene rings is 1. The lowest BCUT2D eigenvalue weighted by Gasteiger charge is -2.32. The first kappa shape index (κ1) is 16.3. The Kier molecular flexibility index (Phi) is 6.52. The van der Waals surface area contributed by atoms with E-state index in [0.29, 0.717) is 5.92 Å². The summed E-state index contributed by atoms with van der Waals surface area (Å²) >= 11 is 0. The molecule has 1 aromatic rings. The van der Waals surface area contributed by atoms with Crippen molar-refractivity contribution in [1.82, 2.24) is 9.80 Å². The Morgan fingerprint density at radius 3 is 2.62 bits per heavy atom. The second-order valence-electron chi connectivity index (χ2n) is 6.60. The second kappa shape index (κ2) is 8.40. The van der Waals surface area contributed by atoms with Crippen molar-refractivity contribution < 1.29 is 4.74 Å². The molecule has 1 aliphatic rings. The molecular formula is C18H30N2O. The van der Waals surface area contributed by atoms with Crippen molar-refractivity contribution in [3.63, 3.8) is 0 Å². The molecule has 2 rings (SSSR count). The first-order valence-corrected chi connectivity index (χ1v) is 8.26. The van der Waals surface area contributed by atoms with E-state index >= 15 is 0 Å². The molecule has 0 amide bonds. The van der Waals surface area contributed by atoms with Gasteiger partial charge in [-0.3, -0.25) is 0 Å². The molecule has 118 valence electrons. The second-order valence-corrected chi connectivity index (χ2v) is 6.60. The molecule has 3 heteroatoms. The SMILES string of the molecule is CC(C)COc1cccc(CCCN2CCN(C)CC2)c1. The summed E-state index contributed by atoms with van der Waals surface area (Å²) in [5.74, 6) is 1.59. The molecule has 1 fully saturated rings. The lowest BCUT2D eigenvalue weighted by Crippen LogP contribution is -2.44. The van der Waals surface area contributed by atoms with Crippen molar-refractivity contribution >= 4 is 0 Å². The molecule has 0 saturated carbocycles. The van der Waals surface area contributed by atoms with E-state index in [2.05, 4.69) is 55.0 Å². The molecule has 0 radical (unpaired) electrons. The normalized spacial score (nSPS) is 17.3. The summed E-state index contributed by atoms with van der Waals surface area (Å²) in [5.41, 5.74) is 1.39. The van der Waals surface area contributed by atoms with Crippen LogP contribution >= 0.6 is 0 Å². The number of likely N-dealkylation sites (N-methyl/N-ethyl adjacent to an activating group) is 1. The van der Waals surface area contributed by atoms with Crippen LogP contribution < -0.4 is 4.74 Å². The quantitative estimate of drug-likeness (QED) is 0.768. The Balaban J connectivity index is 1.71. The number of hydrogen-bond donors (Lipinski definition) is 0. The van der Waals surface area contributed by atoms with Crippen LogP contribution in [0.5, 0.6) is 5.75 Å². The summed E-state index contributed by atoms with van der Waals surface area (Å²) in [6, 6.07) is 8.59. The molecule has 0 bridgehead atoms. The molecule has 0 N–H and O–H groups in total. The zero-order chi connectivity index (χ0) is 15.1. The van der Waals surface area contributed by atoms with Crippen LogP contribution in [0.2, 0.25) is 0 Å². The van der Waals surface area contributed by atoms with Crippen LogP contribution in [0.25, 0.3) is 0 Å². The largest absolute Gasteiger partial charge is 0.493 e. The highest BCUT2D eigenvalue weighted by atomic mass is 16.5. The number of piperazine rings is 1. The van der Waals surface area contributed by atoms with Gasteiger partial charge in [-0.2, -0.15) is 0 Å². The van der Waals surface area contributed by atoms with Crippen LogP contribution in [0.1, 0.15) is 25.8 Å². The number of rotatable bonds is 7. The summed E-state index contributed by atoms with van der Waals surface area (Å²) in [6.07, 6.45) is 2.38. The van der Waals surface area contributed by atoms with Gasteiger partial charge in [-0.1, -0.05) is 26.0 Å². The number of ether oxygens (including phenoxy) is 1.